The van der Waals surface area contributed by atoms with Gasteiger partial charge in [0.15, 0.2) is 0 Å². The summed E-state index contributed by atoms with van der Waals surface area (Å²) in [5, 5.41) is 0.211. The zero-order valence-corrected chi connectivity index (χ0v) is 14.4. The maximum absolute atomic E-state index is 12.2. The molecule has 1 aromatic carbocycles. The van der Waals surface area contributed by atoms with Crippen molar-refractivity contribution >= 4 is 23.8 Å². The van der Waals surface area contributed by atoms with Gasteiger partial charge in [0.05, 0.1) is 13.7 Å². The summed E-state index contributed by atoms with van der Waals surface area (Å²) >= 11 is 1.76. The van der Waals surface area contributed by atoms with Crippen LogP contribution in [0.15, 0.2) is 24.3 Å². The topological polar surface area (TPSA) is 55.8 Å². The number of imide groups is 1. The molecule has 23 heavy (non-hydrogen) atoms. The molecule has 1 fully saturated rings. The van der Waals surface area contributed by atoms with Crippen molar-refractivity contribution in [1.82, 2.24) is 4.90 Å². The molecule has 0 saturated carbocycles. The standard InChI is InChI=1S/C17H23NO4S/c1-3-4-15(11-16(19)18-9-10-22-17(18)20)23-12-13-5-7-14(21-2)8-6-13/h5-8,15H,3-4,9-12H2,1-2H3/t15-/m0/s1. The van der Waals surface area contributed by atoms with E-state index in [1.165, 1.54) is 10.5 Å². The third kappa shape index (κ3) is 5.16. The van der Waals surface area contributed by atoms with Crippen LogP contribution >= 0.6 is 11.8 Å². The predicted molar refractivity (Wildman–Crippen MR) is 90.7 cm³/mol. The fourth-order valence-corrected chi connectivity index (χ4v) is 3.71. The van der Waals surface area contributed by atoms with Crippen LogP contribution in [0.3, 0.4) is 0 Å². The van der Waals surface area contributed by atoms with Crippen LogP contribution in [0.1, 0.15) is 31.7 Å². The second kappa shape index (κ2) is 8.82. The smallest absolute Gasteiger partial charge is 0.416 e. The number of ether oxygens (including phenoxy) is 2. The third-order valence-corrected chi connectivity index (χ3v) is 5.09. The molecule has 1 saturated heterocycles. The van der Waals surface area contributed by atoms with Gasteiger partial charge in [-0.25, -0.2) is 9.69 Å². The molecule has 1 heterocycles. The molecule has 0 N–H and O–H groups in total. The van der Waals surface area contributed by atoms with E-state index in [0.717, 1.165) is 24.3 Å². The van der Waals surface area contributed by atoms with E-state index in [1.54, 1.807) is 18.9 Å². The van der Waals surface area contributed by atoms with E-state index in [9.17, 15) is 9.59 Å². The summed E-state index contributed by atoms with van der Waals surface area (Å²) in [5.74, 6) is 1.55. The highest BCUT2D eigenvalue weighted by molar-refractivity contribution is 7.99. The van der Waals surface area contributed by atoms with Gasteiger partial charge in [-0.15, -0.1) is 0 Å². The highest BCUT2D eigenvalue weighted by Crippen LogP contribution is 2.26. The van der Waals surface area contributed by atoms with Gasteiger partial charge in [-0.3, -0.25) is 4.79 Å². The van der Waals surface area contributed by atoms with E-state index in [-0.39, 0.29) is 11.2 Å². The van der Waals surface area contributed by atoms with Crippen molar-refractivity contribution < 1.29 is 19.1 Å². The average molecular weight is 337 g/mol. The first-order valence-electron chi connectivity index (χ1n) is 7.85. The van der Waals surface area contributed by atoms with Crippen LogP contribution < -0.4 is 4.74 Å². The minimum absolute atomic E-state index is 0.131. The summed E-state index contributed by atoms with van der Waals surface area (Å²) in [5.41, 5.74) is 1.20. The molecule has 1 aliphatic rings. The number of hydrogen-bond acceptors (Lipinski definition) is 5. The van der Waals surface area contributed by atoms with E-state index in [2.05, 4.69) is 6.92 Å². The lowest BCUT2D eigenvalue weighted by Crippen LogP contribution is -2.33. The van der Waals surface area contributed by atoms with Gasteiger partial charge < -0.3 is 9.47 Å². The Balaban J connectivity index is 1.87. The van der Waals surface area contributed by atoms with Crippen LogP contribution in [-0.2, 0) is 15.3 Å². The average Bonchev–Trinajstić information content (AvgIpc) is 2.99. The van der Waals surface area contributed by atoms with Crippen molar-refractivity contribution in [3.05, 3.63) is 29.8 Å². The maximum Gasteiger partial charge on any atom is 0.416 e. The molecule has 0 spiro atoms. The molecule has 0 radical (unpaired) electrons. The lowest BCUT2D eigenvalue weighted by molar-refractivity contribution is -0.127. The van der Waals surface area contributed by atoms with Gasteiger partial charge in [0.2, 0.25) is 5.91 Å². The van der Waals surface area contributed by atoms with Crippen molar-refractivity contribution in [2.75, 3.05) is 20.3 Å². The zero-order valence-electron chi connectivity index (χ0n) is 13.6. The summed E-state index contributed by atoms with van der Waals surface area (Å²) in [6.07, 6.45) is 1.84. The Morgan fingerprint density at radius 2 is 2.13 bits per heavy atom. The first-order valence-corrected chi connectivity index (χ1v) is 8.90. The molecular formula is C17H23NO4S. The number of amides is 2. The minimum Gasteiger partial charge on any atom is -0.497 e. The van der Waals surface area contributed by atoms with E-state index >= 15 is 0 Å². The number of nitrogens with zero attached hydrogens (tertiary/aromatic N) is 1. The second-order valence-corrected chi connectivity index (χ2v) is 6.72. The Hall–Kier alpha value is -1.69. The van der Waals surface area contributed by atoms with Crippen molar-refractivity contribution in [2.45, 2.75) is 37.2 Å². The van der Waals surface area contributed by atoms with E-state index in [4.69, 9.17) is 9.47 Å². The number of methoxy groups -OCH3 is 1. The highest BCUT2D eigenvalue weighted by atomic mass is 32.2. The molecular weight excluding hydrogens is 314 g/mol. The van der Waals surface area contributed by atoms with E-state index in [1.807, 2.05) is 24.3 Å². The summed E-state index contributed by atoms with van der Waals surface area (Å²) in [6.45, 7) is 2.79. The molecule has 5 nitrogen and oxygen atoms in total. The quantitative estimate of drug-likeness (QED) is 0.727. The van der Waals surface area contributed by atoms with E-state index < -0.39 is 6.09 Å². The number of benzene rings is 1. The Kier molecular flexibility index (Phi) is 6.77. The number of rotatable bonds is 8. The number of thioether (sulfide) groups is 1. The van der Waals surface area contributed by atoms with Gasteiger partial charge in [0.25, 0.3) is 0 Å². The van der Waals surface area contributed by atoms with Crippen LogP contribution in [0.5, 0.6) is 5.75 Å². The summed E-state index contributed by atoms with van der Waals surface area (Å²) in [4.78, 5) is 24.9. The lowest BCUT2D eigenvalue weighted by atomic mass is 10.2. The van der Waals surface area contributed by atoms with Crippen molar-refractivity contribution in [3.8, 4) is 5.75 Å². The zero-order chi connectivity index (χ0) is 16.7. The van der Waals surface area contributed by atoms with Crippen molar-refractivity contribution in [3.63, 3.8) is 0 Å². The number of carbonyl (C=O) groups excluding carboxylic acids is 2. The molecule has 126 valence electrons. The fourth-order valence-electron chi connectivity index (χ4n) is 2.43. The first kappa shape index (κ1) is 17.7. The van der Waals surface area contributed by atoms with Crippen LogP contribution in [0.2, 0.25) is 0 Å². The Bertz CT molecular complexity index is 532. The molecule has 1 aromatic rings. The Morgan fingerprint density at radius 3 is 2.70 bits per heavy atom. The van der Waals surface area contributed by atoms with Gasteiger partial charge in [0.1, 0.15) is 12.4 Å². The molecule has 2 rings (SSSR count). The van der Waals surface area contributed by atoms with Gasteiger partial charge in [-0.05, 0) is 24.1 Å². The van der Waals surface area contributed by atoms with E-state index in [0.29, 0.717) is 19.6 Å². The van der Waals surface area contributed by atoms with Crippen molar-refractivity contribution in [1.29, 1.82) is 0 Å². The monoisotopic (exact) mass is 337 g/mol. The van der Waals surface area contributed by atoms with Crippen LogP contribution in [0.25, 0.3) is 0 Å². The first-order chi connectivity index (χ1) is 11.1. The van der Waals surface area contributed by atoms with Crippen LogP contribution in [0, 0.1) is 0 Å². The predicted octanol–water partition coefficient (Wildman–Crippen LogP) is 3.47. The molecule has 0 aliphatic carbocycles. The number of carbonyl (C=O) groups is 2. The summed E-state index contributed by atoms with van der Waals surface area (Å²) < 4.78 is 9.98. The minimum atomic E-state index is -0.509. The SMILES string of the molecule is CCC[C@@H](CC(=O)N1CCOC1=O)SCc1ccc(OC)cc1. The molecule has 0 bridgehead atoms. The van der Waals surface area contributed by atoms with Gasteiger partial charge in [0, 0.05) is 17.4 Å². The molecule has 6 heteroatoms. The molecule has 0 aromatic heterocycles. The second-order valence-electron chi connectivity index (χ2n) is 5.43. The molecule has 0 unspecified atom stereocenters. The summed E-state index contributed by atoms with van der Waals surface area (Å²) in [6, 6.07) is 7.95. The normalized spacial score (nSPS) is 15.4. The summed E-state index contributed by atoms with van der Waals surface area (Å²) in [7, 11) is 1.65. The Morgan fingerprint density at radius 1 is 1.39 bits per heavy atom. The largest absolute Gasteiger partial charge is 0.497 e. The number of hydrogen-bond donors (Lipinski definition) is 0. The van der Waals surface area contributed by atoms with Gasteiger partial charge in [-0.2, -0.15) is 11.8 Å². The Labute approximate surface area is 141 Å². The fraction of sp³-hybridized carbons (Fsp3) is 0.529. The lowest BCUT2D eigenvalue weighted by Gasteiger charge is -2.18. The molecule has 1 aliphatic heterocycles. The molecule has 2 amide bonds. The third-order valence-electron chi connectivity index (χ3n) is 3.72. The van der Waals surface area contributed by atoms with Gasteiger partial charge in [-0.1, -0.05) is 25.5 Å². The van der Waals surface area contributed by atoms with Crippen LogP contribution in [0.4, 0.5) is 4.79 Å². The number of cyclic esters (lactones) is 1. The van der Waals surface area contributed by atoms with Gasteiger partial charge >= 0.3 is 6.09 Å². The highest BCUT2D eigenvalue weighted by Gasteiger charge is 2.29. The molecule has 1 atom stereocenters. The maximum atomic E-state index is 12.2. The van der Waals surface area contributed by atoms with Crippen LogP contribution in [-0.4, -0.2) is 42.4 Å². The van der Waals surface area contributed by atoms with Crippen molar-refractivity contribution in [2.24, 2.45) is 0 Å².